The van der Waals surface area contributed by atoms with Gasteiger partial charge in [-0.2, -0.15) is 0 Å². The summed E-state index contributed by atoms with van der Waals surface area (Å²) in [5.41, 5.74) is 4.14. The smallest absolute Gasteiger partial charge is 0.0471 e. The number of likely N-dealkylation sites (tertiary alicyclic amines) is 1. The minimum Gasteiger partial charge on any atom is -0.396 e. The Morgan fingerprint density at radius 2 is 2.18 bits per heavy atom. The molecule has 1 aromatic rings. The number of aryl methyl sites for hydroxylation is 2. The number of aliphatic hydroxyl groups excluding tert-OH is 1. The number of benzene rings is 1. The van der Waals surface area contributed by atoms with Gasteiger partial charge in [-0.05, 0) is 50.3 Å². The Balaban J connectivity index is 2.00. The van der Waals surface area contributed by atoms with Gasteiger partial charge in [-0.25, -0.2) is 0 Å². The summed E-state index contributed by atoms with van der Waals surface area (Å²) in [6.45, 7) is 7.91. The van der Waals surface area contributed by atoms with Crippen LogP contribution in [0.5, 0.6) is 0 Å². The molecular weight excluding hydrogens is 210 g/mol. The van der Waals surface area contributed by atoms with E-state index in [1.165, 1.54) is 36.1 Å². The molecule has 17 heavy (non-hydrogen) atoms. The molecule has 1 saturated heterocycles. The molecule has 0 radical (unpaired) electrons. The molecule has 0 spiro atoms. The molecular formula is C15H23NO. The summed E-state index contributed by atoms with van der Waals surface area (Å²) in [6, 6.07) is 6.69. The summed E-state index contributed by atoms with van der Waals surface area (Å²) in [7, 11) is 0. The van der Waals surface area contributed by atoms with Gasteiger partial charge in [-0.3, -0.25) is 4.90 Å². The zero-order chi connectivity index (χ0) is 12.3. The topological polar surface area (TPSA) is 23.5 Å². The number of hydrogen-bond acceptors (Lipinski definition) is 2. The molecule has 0 bridgehead atoms. The first-order valence-corrected chi connectivity index (χ1v) is 6.58. The van der Waals surface area contributed by atoms with E-state index in [9.17, 15) is 5.11 Å². The van der Waals surface area contributed by atoms with Gasteiger partial charge in [0.05, 0.1) is 0 Å². The third-order valence-corrected chi connectivity index (χ3v) is 3.75. The van der Waals surface area contributed by atoms with Crippen molar-refractivity contribution in [1.29, 1.82) is 0 Å². The highest BCUT2D eigenvalue weighted by atomic mass is 16.3. The van der Waals surface area contributed by atoms with Crippen LogP contribution in [0.25, 0.3) is 0 Å². The molecule has 0 unspecified atom stereocenters. The number of rotatable bonds is 3. The van der Waals surface area contributed by atoms with Crippen molar-refractivity contribution in [3.8, 4) is 0 Å². The normalized spacial score (nSPS) is 21.7. The summed E-state index contributed by atoms with van der Waals surface area (Å²) in [6.07, 6.45) is 2.40. The van der Waals surface area contributed by atoms with Crippen LogP contribution in [-0.2, 0) is 6.54 Å². The van der Waals surface area contributed by atoms with E-state index in [-0.39, 0.29) is 0 Å². The standard InChI is InChI=1S/C15H23NO/c1-12-5-6-15(13(2)8-12)10-16-7-3-4-14(9-16)11-17/h5-6,8,14,17H,3-4,7,9-11H2,1-2H3/t14-/m1/s1. The van der Waals surface area contributed by atoms with Gasteiger partial charge in [0, 0.05) is 19.7 Å². The quantitative estimate of drug-likeness (QED) is 0.867. The zero-order valence-electron chi connectivity index (χ0n) is 10.9. The van der Waals surface area contributed by atoms with E-state index in [0.29, 0.717) is 12.5 Å². The van der Waals surface area contributed by atoms with Crippen LogP contribution >= 0.6 is 0 Å². The van der Waals surface area contributed by atoms with E-state index in [1.54, 1.807) is 0 Å². The molecule has 1 fully saturated rings. The Bertz CT molecular complexity index is 375. The molecule has 2 rings (SSSR count). The van der Waals surface area contributed by atoms with Gasteiger partial charge in [0.2, 0.25) is 0 Å². The van der Waals surface area contributed by atoms with Crippen molar-refractivity contribution in [2.75, 3.05) is 19.7 Å². The van der Waals surface area contributed by atoms with E-state index in [1.807, 2.05) is 0 Å². The van der Waals surface area contributed by atoms with Gasteiger partial charge in [0.15, 0.2) is 0 Å². The van der Waals surface area contributed by atoms with Crippen molar-refractivity contribution in [2.24, 2.45) is 5.92 Å². The van der Waals surface area contributed by atoms with Crippen LogP contribution in [0.3, 0.4) is 0 Å². The van der Waals surface area contributed by atoms with Crippen LogP contribution < -0.4 is 0 Å². The molecule has 0 aliphatic carbocycles. The van der Waals surface area contributed by atoms with Crippen LogP contribution in [-0.4, -0.2) is 29.7 Å². The van der Waals surface area contributed by atoms with Crippen LogP contribution in [0, 0.1) is 19.8 Å². The van der Waals surface area contributed by atoms with Crippen molar-refractivity contribution in [3.63, 3.8) is 0 Å². The Hall–Kier alpha value is -0.860. The van der Waals surface area contributed by atoms with Crippen molar-refractivity contribution >= 4 is 0 Å². The van der Waals surface area contributed by atoms with Gasteiger partial charge in [-0.1, -0.05) is 23.8 Å². The fourth-order valence-corrected chi connectivity index (χ4v) is 2.71. The molecule has 1 N–H and O–H groups in total. The largest absolute Gasteiger partial charge is 0.396 e. The molecule has 0 saturated carbocycles. The van der Waals surface area contributed by atoms with Crippen LogP contribution in [0.2, 0.25) is 0 Å². The summed E-state index contributed by atoms with van der Waals surface area (Å²) in [5, 5.41) is 9.24. The Morgan fingerprint density at radius 1 is 1.35 bits per heavy atom. The first kappa shape index (κ1) is 12.6. The highest BCUT2D eigenvalue weighted by molar-refractivity contribution is 5.30. The Labute approximate surface area is 104 Å². The summed E-state index contributed by atoms with van der Waals surface area (Å²) >= 11 is 0. The van der Waals surface area contributed by atoms with Crippen LogP contribution in [0.4, 0.5) is 0 Å². The first-order chi connectivity index (χ1) is 8.19. The number of hydrogen-bond donors (Lipinski definition) is 1. The van der Waals surface area contributed by atoms with Gasteiger partial charge in [0.25, 0.3) is 0 Å². The van der Waals surface area contributed by atoms with Crippen LogP contribution in [0.15, 0.2) is 18.2 Å². The Kier molecular flexibility index (Phi) is 4.19. The van der Waals surface area contributed by atoms with Gasteiger partial charge >= 0.3 is 0 Å². The van der Waals surface area contributed by atoms with Crippen molar-refractivity contribution in [2.45, 2.75) is 33.2 Å². The predicted octanol–water partition coefficient (Wildman–Crippen LogP) is 2.51. The van der Waals surface area contributed by atoms with E-state index >= 15 is 0 Å². The lowest BCUT2D eigenvalue weighted by Crippen LogP contribution is -2.36. The second kappa shape index (κ2) is 5.65. The third-order valence-electron chi connectivity index (χ3n) is 3.75. The van der Waals surface area contributed by atoms with Crippen molar-refractivity contribution < 1.29 is 5.11 Å². The lowest BCUT2D eigenvalue weighted by atomic mass is 9.97. The Morgan fingerprint density at radius 3 is 2.88 bits per heavy atom. The third kappa shape index (κ3) is 3.30. The molecule has 94 valence electrons. The summed E-state index contributed by atoms with van der Waals surface area (Å²) in [4.78, 5) is 2.47. The minimum atomic E-state index is 0.337. The molecule has 2 heteroatoms. The molecule has 2 nitrogen and oxygen atoms in total. The van der Waals surface area contributed by atoms with E-state index in [4.69, 9.17) is 0 Å². The fraction of sp³-hybridized carbons (Fsp3) is 0.600. The molecule has 1 atom stereocenters. The lowest BCUT2D eigenvalue weighted by molar-refractivity contribution is 0.116. The molecule has 0 amide bonds. The summed E-state index contributed by atoms with van der Waals surface area (Å²) in [5.74, 6) is 0.481. The van der Waals surface area contributed by atoms with Crippen LogP contribution in [0.1, 0.15) is 29.5 Å². The minimum absolute atomic E-state index is 0.337. The molecule has 1 aliphatic heterocycles. The number of piperidine rings is 1. The van der Waals surface area contributed by atoms with Gasteiger partial charge in [-0.15, -0.1) is 0 Å². The second-order valence-electron chi connectivity index (χ2n) is 5.36. The maximum absolute atomic E-state index is 9.24. The van der Waals surface area contributed by atoms with Gasteiger partial charge in [0.1, 0.15) is 0 Å². The van der Waals surface area contributed by atoms with E-state index in [2.05, 4.69) is 36.9 Å². The second-order valence-corrected chi connectivity index (χ2v) is 5.36. The SMILES string of the molecule is Cc1ccc(CN2CCC[C@@H](CO)C2)c(C)c1. The van der Waals surface area contributed by atoms with Crippen molar-refractivity contribution in [3.05, 3.63) is 34.9 Å². The lowest BCUT2D eigenvalue weighted by Gasteiger charge is -2.32. The average molecular weight is 233 g/mol. The van der Waals surface area contributed by atoms with Gasteiger partial charge < -0.3 is 5.11 Å². The zero-order valence-corrected chi connectivity index (χ0v) is 10.9. The first-order valence-electron chi connectivity index (χ1n) is 6.58. The molecule has 0 aromatic heterocycles. The fourth-order valence-electron chi connectivity index (χ4n) is 2.71. The average Bonchev–Trinajstić information content (AvgIpc) is 2.33. The monoisotopic (exact) mass is 233 g/mol. The summed E-state index contributed by atoms with van der Waals surface area (Å²) < 4.78 is 0. The van der Waals surface area contributed by atoms with Crippen molar-refractivity contribution in [1.82, 2.24) is 4.90 Å². The van der Waals surface area contributed by atoms with E-state index in [0.717, 1.165) is 13.1 Å². The highest BCUT2D eigenvalue weighted by Gasteiger charge is 2.19. The maximum atomic E-state index is 9.24. The molecule has 1 aromatic carbocycles. The molecule has 1 aliphatic rings. The van der Waals surface area contributed by atoms with E-state index < -0.39 is 0 Å². The number of aliphatic hydroxyl groups is 1. The maximum Gasteiger partial charge on any atom is 0.0471 e. The molecule has 1 heterocycles. The highest BCUT2D eigenvalue weighted by Crippen LogP contribution is 2.19. The predicted molar refractivity (Wildman–Crippen MR) is 71.0 cm³/mol. The number of nitrogens with zero attached hydrogens (tertiary/aromatic N) is 1.